The normalized spacial score (nSPS) is 18.3. The fourth-order valence-corrected chi connectivity index (χ4v) is 2.46. The van der Waals surface area contributed by atoms with E-state index in [1.165, 1.54) is 4.90 Å². The van der Waals surface area contributed by atoms with E-state index in [1.807, 2.05) is 18.2 Å². The number of likely N-dealkylation sites (tertiary alicyclic amines) is 1. The maximum absolute atomic E-state index is 11.6. The van der Waals surface area contributed by atoms with Crippen LogP contribution in [-0.2, 0) is 10.2 Å². The average molecular weight is 249 g/mol. The molecule has 0 bridgehead atoms. The lowest BCUT2D eigenvalue weighted by Crippen LogP contribution is -2.48. The van der Waals surface area contributed by atoms with Crippen molar-refractivity contribution in [3.63, 3.8) is 0 Å². The van der Waals surface area contributed by atoms with Crippen LogP contribution in [-0.4, -0.2) is 40.3 Å². The van der Waals surface area contributed by atoms with E-state index in [4.69, 9.17) is 5.11 Å². The predicted molar refractivity (Wildman–Crippen MR) is 64.6 cm³/mol. The maximum atomic E-state index is 11.6. The Bertz CT molecular complexity index is 449. The molecular formula is C13H15NO4. The molecule has 0 aromatic heterocycles. The summed E-state index contributed by atoms with van der Waals surface area (Å²) in [7, 11) is 0. The van der Waals surface area contributed by atoms with E-state index in [0.717, 1.165) is 5.56 Å². The van der Waals surface area contributed by atoms with Crippen molar-refractivity contribution in [3.8, 4) is 0 Å². The van der Waals surface area contributed by atoms with Crippen LogP contribution in [0.3, 0.4) is 0 Å². The molecule has 0 spiro atoms. The second kappa shape index (κ2) is 4.68. The molecule has 0 atom stereocenters. The van der Waals surface area contributed by atoms with Crippen molar-refractivity contribution >= 4 is 12.1 Å². The summed E-state index contributed by atoms with van der Waals surface area (Å²) in [6.45, 7) is 0.521. The van der Waals surface area contributed by atoms with E-state index in [1.54, 1.807) is 12.1 Å². The molecular weight excluding hydrogens is 234 g/mol. The number of hydrogen-bond acceptors (Lipinski definition) is 2. The molecule has 1 aromatic rings. The molecule has 1 amide bonds. The maximum Gasteiger partial charge on any atom is 0.407 e. The molecule has 1 aliphatic heterocycles. The van der Waals surface area contributed by atoms with Crippen LogP contribution in [0.2, 0.25) is 0 Å². The molecule has 2 rings (SSSR count). The van der Waals surface area contributed by atoms with Crippen LogP contribution in [0.4, 0.5) is 4.79 Å². The van der Waals surface area contributed by atoms with Crippen LogP contribution in [0.1, 0.15) is 18.4 Å². The third kappa shape index (κ3) is 2.03. The molecule has 1 aromatic carbocycles. The SMILES string of the molecule is O=C(O)N1CCC(C(=O)O)(c2ccccc2)CC1. The molecule has 1 fully saturated rings. The first-order valence-electron chi connectivity index (χ1n) is 5.83. The zero-order valence-corrected chi connectivity index (χ0v) is 9.87. The monoisotopic (exact) mass is 249 g/mol. The van der Waals surface area contributed by atoms with Gasteiger partial charge in [0.25, 0.3) is 0 Å². The molecule has 0 unspecified atom stereocenters. The van der Waals surface area contributed by atoms with Gasteiger partial charge in [0.05, 0.1) is 5.41 Å². The Kier molecular flexibility index (Phi) is 3.23. The van der Waals surface area contributed by atoms with Gasteiger partial charge >= 0.3 is 12.1 Å². The molecule has 1 heterocycles. The third-order valence-electron chi connectivity index (χ3n) is 3.62. The highest BCUT2D eigenvalue weighted by Gasteiger charge is 2.43. The molecule has 5 nitrogen and oxygen atoms in total. The summed E-state index contributed by atoms with van der Waals surface area (Å²) < 4.78 is 0. The van der Waals surface area contributed by atoms with Gasteiger partial charge in [-0.05, 0) is 18.4 Å². The van der Waals surface area contributed by atoms with Gasteiger partial charge in [0.2, 0.25) is 0 Å². The summed E-state index contributed by atoms with van der Waals surface area (Å²) in [6, 6.07) is 9.05. The quantitative estimate of drug-likeness (QED) is 0.837. The van der Waals surface area contributed by atoms with Crippen LogP contribution in [0.15, 0.2) is 30.3 Å². The van der Waals surface area contributed by atoms with Crippen molar-refractivity contribution in [1.29, 1.82) is 0 Å². The lowest BCUT2D eigenvalue weighted by Gasteiger charge is -2.38. The Hall–Kier alpha value is -2.04. The van der Waals surface area contributed by atoms with E-state index in [-0.39, 0.29) is 13.1 Å². The number of carboxylic acid groups (broad SMARTS) is 2. The van der Waals surface area contributed by atoms with Crippen LogP contribution in [0, 0.1) is 0 Å². The van der Waals surface area contributed by atoms with Gasteiger partial charge in [0.1, 0.15) is 0 Å². The number of benzene rings is 1. The summed E-state index contributed by atoms with van der Waals surface area (Å²) in [4.78, 5) is 23.7. The Morgan fingerprint density at radius 1 is 1.06 bits per heavy atom. The summed E-state index contributed by atoms with van der Waals surface area (Å²) in [6.07, 6.45) is -0.348. The van der Waals surface area contributed by atoms with Gasteiger partial charge < -0.3 is 15.1 Å². The Balaban J connectivity index is 2.27. The average Bonchev–Trinajstić information content (AvgIpc) is 2.39. The van der Waals surface area contributed by atoms with Crippen LogP contribution < -0.4 is 0 Å². The number of carboxylic acids is 1. The summed E-state index contributed by atoms with van der Waals surface area (Å²) in [5.74, 6) is -0.876. The number of rotatable bonds is 2. The minimum Gasteiger partial charge on any atom is -0.481 e. The molecule has 18 heavy (non-hydrogen) atoms. The zero-order valence-electron chi connectivity index (χ0n) is 9.87. The minimum absolute atomic E-state index is 0.260. The van der Waals surface area contributed by atoms with Gasteiger partial charge in [-0.25, -0.2) is 4.79 Å². The first kappa shape index (κ1) is 12.4. The van der Waals surface area contributed by atoms with E-state index >= 15 is 0 Å². The van der Waals surface area contributed by atoms with Crippen LogP contribution in [0.5, 0.6) is 0 Å². The van der Waals surface area contributed by atoms with Crippen molar-refractivity contribution in [2.45, 2.75) is 18.3 Å². The number of aliphatic carboxylic acids is 1. The van der Waals surface area contributed by atoms with E-state index in [0.29, 0.717) is 12.8 Å². The summed E-state index contributed by atoms with van der Waals surface area (Å²) in [5, 5.41) is 18.4. The topological polar surface area (TPSA) is 77.8 Å². The van der Waals surface area contributed by atoms with Gasteiger partial charge in [-0.3, -0.25) is 4.79 Å². The van der Waals surface area contributed by atoms with Gasteiger partial charge in [0.15, 0.2) is 0 Å². The molecule has 96 valence electrons. The molecule has 0 aliphatic carbocycles. The van der Waals surface area contributed by atoms with Gasteiger partial charge in [-0.15, -0.1) is 0 Å². The van der Waals surface area contributed by atoms with Crippen LogP contribution >= 0.6 is 0 Å². The Morgan fingerprint density at radius 2 is 1.61 bits per heavy atom. The van der Waals surface area contributed by atoms with E-state index in [9.17, 15) is 14.7 Å². The molecule has 0 radical (unpaired) electrons. The number of nitrogens with zero attached hydrogens (tertiary/aromatic N) is 1. The molecule has 0 saturated carbocycles. The largest absolute Gasteiger partial charge is 0.481 e. The fraction of sp³-hybridized carbons (Fsp3) is 0.385. The fourth-order valence-electron chi connectivity index (χ4n) is 2.46. The Labute approximate surface area is 105 Å². The first-order valence-corrected chi connectivity index (χ1v) is 5.83. The second-order valence-electron chi connectivity index (χ2n) is 4.52. The van der Waals surface area contributed by atoms with Crippen molar-refractivity contribution in [2.75, 3.05) is 13.1 Å². The number of hydrogen-bond donors (Lipinski definition) is 2. The first-order chi connectivity index (χ1) is 8.56. The second-order valence-corrected chi connectivity index (χ2v) is 4.52. The lowest BCUT2D eigenvalue weighted by molar-refractivity contribution is -0.145. The molecule has 1 saturated heterocycles. The van der Waals surface area contributed by atoms with E-state index < -0.39 is 17.5 Å². The van der Waals surface area contributed by atoms with Crippen molar-refractivity contribution in [1.82, 2.24) is 4.90 Å². The lowest BCUT2D eigenvalue weighted by atomic mass is 9.73. The Morgan fingerprint density at radius 3 is 2.06 bits per heavy atom. The highest BCUT2D eigenvalue weighted by Crippen LogP contribution is 2.35. The van der Waals surface area contributed by atoms with Gasteiger partial charge in [-0.1, -0.05) is 30.3 Å². The van der Waals surface area contributed by atoms with Crippen molar-refractivity contribution in [2.24, 2.45) is 0 Å². The molecule has 2 N–H and O–H groups in total. The number of piperidine rings is 1. The van der Waals surface area contributed by atoms with Gasteiger partial charge in [-0.2, -0.15) is 0 Å². The number of amides is 1. The molecule has 1 aliphatic rings. The third-order valence-corrected chi connectivity index (χ3v) is 3.62. The smallest absolute Gasteiger partial charge is 0.407 e. The number of carbonyl (C=O) groups is 2. The highest BCUT2D eigenvalue weighted by molar-refractivity contribution is 5.82. The van der Waals surface area contributed by atoms with Crippen molar-refractivity contribution in [3.05, 3.63) is 35.9 Å². The standard InChI is InChI=1S/C13H15NO4/c15-11(16)13(10-4-2-1-3-5-10)6-8-14(9-7-13)12(17)18/h1-5H,6-9H2,(H,15,16)(H,17,18). The molecule has 5 heteroatoms. The predicted octanol–water partition coefficient (Wildman–Crippen LogP) is 1.78. The summed E-state index contributed by atoms with van der Waals surface area (Å²) >= 11 is 0. The summed E-state index contributed by atoms with van der Waals surface area (Å²) in [5.41, 5.74) is -0.199. The van der Waals surface area contributed by atoms with Crippen LogP contribution in [0.25, 0.3) is 0 Å². The van der Waals surface area contributed by atoms with E-state index in [2.05, 4.69) is 0 Å². The highest BCUT2D eigenvalue weighted by atomic mass is 16.4. The zero-order chi connectivity index (χ0) is 13.2. The minimum atomic E-state index is -0.984. The van der Waals surface area contributed by atoms with Gasteiger partial charge in [0, 0.05) is 13.1 Å². The van der Waals surface area contributed by atoms with Crippen molar-refractivity contribution < 1.29 is 19.8 Å².